The molecule has 0 aromatic heterocycles. The quantitative estimate of drug-likeness (QED) is 0.903. The van der Waals surface area contributed by atoms with Gasteiger partial charge in [0.25, 0.3) is 5.91 Å². The number of halogens is 3. The van der Waals surface area contributed by atoms with E-state index in [4.69, 9.17) is 5.73 Å². The van der Waals surface area contributed by atoms with E-state index in [0.29, 0.717) is 18.7 Å². The fourth-order valence-corrected chi connectivity index (χ4v) is 1.94. The SMILES string of the molecule is NCCN(C(=O)c1ccc(OC(F)(F)F)cc1)C1CC1. The molecule has 1 saturated carbocycles. The zero-order valence-electron chi connectivity index (χ0n) is 10.7. The Bertz CT molecular complexity index is 469. The maximum absolute atomic E-state index is 12.2. The fourth-order valence-electron chi connectivity index (χ4n) is 1.94. The van der Waals surface area contributed by atoms with E-state index >= 15 is 0 Å². The molecule has 2 rings (SSSR count). The highest BCUT2D eigenvalue weighted by Crippen LogP contribution is 2.28. The summed E-state index contributed by atoms with van der Waals surface area (Å²) in [6, 6.07) is 5.13. The Labute approximate surface area is 114 Å². The van der Waals surface area contributed by atoms with Gasteiger partial charge in [-0.2, -0.15) is 0 Å². The van der Waals surface area contributed by atoms with Crippen molar-refractivity contribution in [2.45, 2.75) is 25.2 Å². The van der Waals surface area contributed by atoms with Gasteiger partial charge in [0, 0.05) is 24.7 Å². The van der Waals surface area contributed by atoms with E-state index in [1.165, 1.54) is 12.1 Å². The standard InChI is InChI=1S/C13H15F3N2O2/c14-13(15,16)20-11-5-1-9(2-6-11)12(19)18(8-7-17)10-3-4-10/h1-2,5-6,10H,3-4,7-8,17H2. The highest BCUT2D eigenvalue weighted by molar-refractivity contribution is 5.94. The number of hydrogen-bond donors (Lipinski definition) is 1. The average molecular weight is 288 g/mol. The van der Waals surface area contributed by atoms with E-state index in [1.807, 2.05) is 0 Å². The molecule has 1 aromatic carbocycles. The topological polar surface area (TPSA) is 55.6 Å². The van der Waals surface area contributed by atoms with Gasteiger partial charge in [-0.1, -0.05) is 0 Å². The van der Waals surface area contributed by atoms with Gasteiger partial charge in [0.05, 0.1) is 0 Å². The van der Waals surface area contributed by atoms with Crippen molar-refractivity contribution < 1.29 is 22.7 Å². The number of alkyl halides is 3. The molecule has 0 aliphatic heterocycles. The molecule has 0 atom stereocenters. The van der Waals surface area contributed by atoms with Crippen LogP contribution in [0.15, 0.2) is 24.3 Å². The van der Waals surface area contributed by atoms with E-state index in [0.717, 1.165) is 25.0 Å². The molecule has 110 valence electrons. The summed E-state index contributed by atoms with van der Waals surface area (Å²) in [5.74, 6) is -0.553. The monoisotopic (exact) mass is 288 g/mol. The van der Waals surface area contributed by atoms with Crippen LogP contribution in [0.4, 0.5) is 13.2 Å². The minimum absolute atomic E-state index is 0.206. The normalized spacial score (nSPS) is 15.0. The van der Waals surface area contributed by atoms with Crippen LogP contribution in [0.3, 0.4) is 0 Å². The van der Waals surface area contributed by atoms with Crippen LogP contribution in [-0.2, 0) is 0 Å². The number of rotatable bonds is 5. The third-order valence-electron chi connectivity index (χ3n) is 2.95. The zero-order chi connectivity index (χ0) is 14.8. The Kier molecular flexibility index (Phi) is 4.17. The first-order valence-corrected chi connectivity index (χ1v) is 6.27. The fraction of sp³-hybridized carbons (Fsp3) is 0.462. The third kappa shape index (κ3) is 3.86. The molecular formula is C13H15F3N2O2. The number of carbonyl (C=O) groups is 1. The lowest BCUT2D eigenvalue weighted by Gasteiger charge is -2.21. The van der Waals surface area contributed by atoms with Gasteiger partial charge in [-0.05, 0) is 37.1 Å². The Morgan fingerprint density at radius 1 is 1.30 bits per heavy atom. The Morgan fingerprint density at radius 2 is 1.90 bits per heavy atom. The number of nitrogens with zero attached hydrogens (tertiary/aromatic N) is 1. The maximum atomic E-state index is 12.2. The highest BCUT2D eigenvalue weighted by atomic mass is 19.4. The summed E-state index contributed by atoms with van der Waals surface area (Å²) in [4.78, 5) is 13.9. The lowest BCUT2D eigenvalue weighted by atomic mass is 10.2. The number of nitrogens with two attached hydrogens (primary N) is 1. The summed E-state index contributed by atoms with van der Waals surface area (Å²) < 4.78 is 39.9. The van der Waals surface area contributed by atoms with Crippen molar-refractivity contribution in [3.05, 3.63) is 29.8 Å². The number of amides is 1. The molecule has 1 aromatic rings. The second kappa shape index (κ2) is 5.70. The number of carbonyl (C=O) groups excluding carboxylic acids is 1. The molecule has 0 bridgehead atoms. The van der Waals surface area contributed by atoms with Crippen LogP contribution in [0.1, 0.15) is 23.2 Å². The first kappa shape index (κ1) is 14.6. The molecule has 0 heterocycles. The van der Waals surface area contributed by atoms with Crippen LogP contribution >= 0.6 is 0 Å². The third-order valence-corrected chi connectivity index (χ3v) is 2.95. The van der Waals surface area contributed by atoms with Gasteiger partial charge in [-0.25, -0.2) is 0 Å². The van der Waals surface area contributed by atoms with Crippen LogP contribution in [-0.4, -0.2) is 36.3 Å². The van der Waals surface area contributed by atoms with Crippen LogP contribution in [0, 0.1) is 0 Å². The van der Waals surface area contributed by atoms with Gasteiger partial charge >= 0.3 is 6.36 Å². The minimum atomic E-state index is -4.73. The summed E-state index contributed by atoms with van der Waals surface area (Å²) in [5, 5.41) is 0. The van der Waals surface area contributed by atoms with E-state index in [2.05, 4.69) is 4.74 Å². The molecule has 1 amide bonds. The summed E-state index contributed by atoms with van der Waals surface area (Å²) in [6.07, 6.45) is -2.84. The molecule has 7 heteroatoms. The van der Waals surface area contributed by atoms with Gasteiger partial charge < -0.3 is 15.4 Å². The molecule has 1 aliphatic rings. The van der Waals surface area contributed by atoms with Crippen molar-refractivity contribution >= 4 is 5.91 Å². The van der Waals surface area contributed by atoms with Crippen molar-refractivity contribution in [1.29, 1.82) is 0 Å². The summed E-state index contributed by atoms with van der Waals surface area (Å²) in [5.41, 5.74) is 5.80. The van der Waals surface area contributed by atoms with Crippen molar-refractivity contribution in [2.75, 3.05) is 13.1 Å². The number of ether oxygens (including phenoxy) is 1. The smallest absolute Gasteiger partial charge is 0.406 e. The molecule has 0 saturated heterocycles. The van der Waals surface area contributed by atoms with Gasteiger partial charge in [0.2, 0.25) is 0 Å². The Morgan fingerprint density at radius 3 is 2.35 bits per heavy atom. The first-order valence-electron chi connectivity index (χ1n) is 6.27. The lowest BCUT2D eigenvalue weighted by molar-refractivity contribution is -0.274. The number of benzene rings is 1. The highest BCUT2D eigenvalue weighted by Gasteiger charge is 2.33. The van der Waals surface area contributed by atoms with Crippen molar-refractivity contribution in [3.63, 3.8) is 0 Å². The second-order valence-electron chi connectivity index (χ2n) is 4.59. The van der Waals surface area contributed by atoms with Gasteiger partial charge in [0.15, 0.2) is 0 Å². The van der Waals surface area contributed by atoms with Crippen molar-refractivity contribution in [1.82, 2.24) is 4.90 Å². The summed E-state index contributed by atoms with van der Waals surface area (Å²) >= 11 is 0. The van der Waals surface area contributed by atoms with Gasteiger partial charge in [-0.15, -0.1) is 13.2 Å². The van der Waals surface area contributed by atoms with Gasteiger partial charge in [0.1, 0.15) is 5.75 Å². The second-order valence-corrected chi connectivity index (χ2v) is 4.59. The molecule has 0 unspecified atom stereocenters. The lowest BCUT2D eigenvalue weighted by Crippen LogP contribution is -2.37. The van der Waals surface area contributed by atoms with Crippen molar-refractivity contribution in [2.24, 2.45) is 5.73 Å². The van der Waals surface area contributed by atoms with E-state index < -0.39 is 6.36 Å². The molecule has 1 aliphatic carbocycles. The number of hydrogen-bond acceptors (Lipinski definition) is 3. The Balaban J connectivity index is 2.06. The molecular weight excluding hydrogens is 273 g/mol. The maximum Gasteiger partial charge on any atom is 0.573 e. The van der Waals surface area contributed by atoms with E-state index in [9.17, 15) is 18.0 Å². The largest absolute Gasteiger partial charge is 0.573 e. The molecule has 0 spiro atoms. The first-order chi connectivity index (χ1) is 9.40. The van der Waals surface area contributed by atoms with Crippen molar-refractivity contribution in [3.8, 4) is 5.75 Å². The molecule has 20 heavy (non-hydrogen) atoms. The Hall–Kier alpha value is -1.76. The van der Waals surface area contributed by atoms with E-state index in [1.54, 1.807) is 4.90 Å². The van der Waals surface area contributed by atoms with Gasteiger partial charge in [-0.3, -0.25) is 4.79 Å². The average Bonchev–Trinajstić information content (AvgIpc) is 3.18. The minimum Gasteiger partial charge on any atom is -0.406 e. The predicted octanol–water partition coefficient (Wildman–Crippen LogP) is 2.15. The van der Waals surface area contributed by atoms with Crippen LogP contribution in [0.5, 0.6) is 5.75 Å². The summed E-state index contributed by atoms with van der Waals surface area (Å²) in [7, 11) is 0. The van der Waals surface area contributed by atoms with E-state index in [-0.39, 0.29) is 17.7 Å². The molecule has 1 fully saturated rings. The molecule has 2 N–H and O–H groups in total. The predicted molar refractivity (Wildman–Crippen MR) is 66.2 cm³/mol. The van der Waals surface area contributed by atoms with Crippen LogP contribution in [0.25, 0.3) is 0 Å². The molecule has 4 nitrogen and oxygen atoms in total. The summed E-state index contributed by atoms with van der Waals surface area (Å²) in [6.45, 7) is 0.807. The van der Waals surface area contributed by atoms with Crippen LogP contribution < -0.4 is 10.5 Å². The van der Waals surface area contributed by atoms with Crippen LogP contribution in [0.2, 0.25) is 0 Å². The zero-order valence-corrected chi connectivity index (χ0v) is 10.7. The molecule has 0 radical (unpaired) electrons.